The van der Waals surface area contributed by atoms with Crippen molar-refractivity contribution in [2.24, 2.45) is 0 Å². The van der Waals surface area contributed by atoms with Gasteiger partial charge < -0.3 is 9.47 Å². The molecule has 2 aromatic carbocycles. The Balaban J connectivity index is 1.97. The molecule has 0 saturated heterocycles. The third-order valence-corrected chi connectivity index (χ3v) is 2.58. The van der Waals surface area contributed by atoms with Gasteiger partial charge in [0.2, 0.25) is 0 Å². The SMILES string of the molecule is COc1ccc(OC(=O)Nc2cccc(Cl)c2)cc1. The largest absolute Gasteiger partial charge is 0.497 e. The number of hydrogen-bond donors (Lipinski definition) is 1. The quantitative estimate of drug-likeness (QED) is 0.924. The van der Waals surface area contributed by atoms with Gasteiger partial charge in [-0.15, -0.1) is 0 Å². The maximum absolute atomic E-state index is 11.6. The first-order valence-corrected chi connectivity index (χ1v) is 5.93. The molecule has 0 heterocycles. The van der Waals surface area contributed by atoms with E-state index in [-0.39, 0.29) is 0 Å². The molecule has 0 saturated carbocycles. The van der Waals surface area contributed by atoms with Crippen molar-refractivity contribution in [1.29, 1.82) is 0 Å². The van der Waals surface area contributed by atoms with Crippen molar-refractivity contribution in [3.8, 4) is 11.5 Å². The maximum atomic E-state index is 11.6. The predicted molar refractivity (Wildman–Crippen MR) is 74.1 cm³/mol. The van der Waals surface area contributed by atoms with Crippen LogP contribution in [0.4, 0.5) is 10.5 Å². The van der Waals surface area contributed by atoms with Crippen molar-refractivity contribution >= 4 is 23.4 Å². The second-order valence-corrected chi connectivity index (χ2v) is 4.14. The number of anilines is 1. The van der Waals surface area contributed by atoms with E-state index in [2.05, 4.69) is 5.32 Å². The highest BCUT2D eigenvalue weighted by Crippen LogP contribution is 2.18. The first kappa shape index (κ1) is 13.2. The van der Waals surface area contributed by atoms with E-state index in [4.69, 9.17) is 21.1 Å². The number of amides is 1. The maximum Gasteiger partial charge on any atom is 0.417 e. The van der Waals surface area contributed by atoms with E-state index < -0.39 is 6.09 Å². The Bertz CT molecular complexity index is 569. The van der Waals surface area contributed by atoms with Crippen molar-refractivity contribution in [1.82, 2.24) is 0 Å². The Kier molecular flexibility index (Phi) is 4.26. The van der Waals surface area contributed by atoms with Gasteiger partial charge in [0.25, 0.3) is 0 Å². The lowest BCUT2D eigenvalue weighted by atomic mass is 10.3. The van der Waals surface area contributed by atoms with E-state index in [1.807, 2.05) is 0 Å². The van der Waals surface area contributed by atoms with Gasteiger partial charge in [0.05, 0.1) is 7.11 Å². The molecule has 0 aliphatic rings. The molecule has 1 amide bonds. The van der Waals surface area contributed by atoms with Gasteiger partial charge in [-0.05, 0) is 42.5 Å². The summed E-state index contributed by atoms with van der Waals surface area (Å²) in [6.07, 6.45) is -0.576. The lowest BCUT2D eigenvalue weighted by Gasteiger charge is -2.07. The van der Waals surface area contributed by atoms with E-state index in [1.165, 1.54) is 0 Å². The zero-order valence-corrected chi connectivity index (χ0v) is 11.0. The highest BCUT2D eigenvalue weighted by Gasteiger charge is 2.05. The molecule has 0 atom stereocenters. The smallest absolute Gasteiger partial charge is 0.417 e. The van der Waals surface area contributed by atoms with E-state index in [9.17, 15) is 4.79 Å². The molecule has 2 rings (SSSR count). The molecule has 0 spiro atoms. The molecule has 0 fully saturated rings. The van der Waals surface area contributed by atoms with Crippen LogP contribution in [0, 0.1) is 0 Å². The van der Waals surface area contributed by atoms with Crippen LogP contribution in [0.2, 0.25) is 5.02 Å². The fourth-order valence-electron chi connectivity index (χ4n) is 1.46. The van der Waals surface area contributed by atoms with Gasteiger partial charge in [0.15, 0.2) is 0 Å². The van der Waals surface area contributed by atoms with E-state index in [1.54, 1.807) is 55.6 Å². The summed E-state index contributed by atoms with van der Waals surface area (Å²) in [6, 6.07) is 13.5. The summed E-state index contributed by atoms with van der Waals surface area (Å²) in [5, 5.41) is 3.13. The summed E-state index contributed by atoms with van der Waals surface area (Å²) >= 11 is 5.82. The highest BCUT2D eigenvalue weighted by molar-refractivity contribution is 6.30. The fourth-order valence-corrected chi connectivity index (χ4v) is 1.65. The molecule has 1 N–H and O–H groups in total. The van der Waals surface area contributed by atoms with Crippen LogP contribution in [0.25, 0.3) is 0 Å². The number of methoxy groups -OCH3 is 1. The van der Waals surface area contributed by atoms with Crippen molar-refractivity contribution in [2.45, 2.75) is 0 Å². The summed E-state index contributed by atoms with van der Waals surface area (Å²) in [5.74, 6) is 1.13. The molecule has 0 unspecified atom stereocenters. The molecule has 5 heteroatoms. The van der Waals surface area contributed by atoms with Gasteiger partial charge in [-0.1, -0.05) is 17.7 Å². The topological polar surface area (TPSA) is 47.6 Å². The lowest BCUT2D eigenvalue weighted by Crippen LogP contribution is -2.16. The van der Waals surface area contributed by atoms with Gasteiger partial charge in [0.1, 0.15) is 11.5 Å². The molecule has 0 bridgehead atoms. The van der Waals surface area contributed by atoms with Crippen LogP contribution in [-0.4, -0.2) is 13.2 Å². The van der Waals surface area contributed by atoms with Crippen LogP contribution in [-0.2, 0) is 0 Å². The number of benzene rings is 2. The number of carbonyl (C=O) groups excluding carboxylic acids is 1. The highest BCUT2D eigenvalue weighted by atomic mass is 35.5. The minimum absolute atomic E-state index is 0.431. The lowest BCUT2D eigenvalue weighted by molar-refractivity contribution is 0.215. The molecule has 0 radical (unpaired) electrons. The van der Waals surface area contributed by atoms with Crippen LogP contribution >= 0.6 is 11.6 Å². The molecule has 0 aliphatic carbocycles. The second-order valence-electron chi connectivity index (χ2n) is 3.70. The number of nitrogens with one attached hydrogen (secondary N) is 1. The molecular weight excluding hydrogens is 266 g/mol. The number of ether oxygens (including phenoxy) is 2. The standard InChI is InChI=1S/C14H12ClNO3/c1-18-12-5-7-13(8-6-12)19-14(17)16-11-4-2-3-10(15)9-11/h2-9H,1H3,(H,16,17). The summed E-state index contributed by atoms with van der Waals surface area (Å²) in [4.78, 5) is 11.6. The Labute approximate surface area is 115 Å². The number of carbonyl (C=O) groups is 1. The Morgan fingerprint density at radius 3 is 2.42 bits per heavy atom. The zero-order valence-electron chi connectivity index (χ0n) is 10.2. The van der Waals surface area contributed by atoms with E-state index in [0.29, 0.717) is 22.2 Å². The monoisotopic (exact) mass is 277 g/mol. The van der Waals surface area contributed by atoms with Crippen molar-refractivity contribution < 1.29 is 14.3 Å². The molecule has 19 heavy (non-hydrogen) atoms. The van der Waals surface area contributed by atoms with Crippen LogP contribution in [0.3, 0.4) is 0 Å². The van der Waals surface area contributed by atoms with E-state index >= 15 is 0 Å². The third kappa shape index (κ3) is 3.89. The van der Waals surface area contributed by atoms with Gasteiger partial charge in [0, 0.05) is 10.7 Å². The van der Waals surface area contributed by atoms with Crippen molar-refractivity contribution in [3.63, 3.8) is 0 Å². The van der Waals surface area contributed by atoms with Crippen LogP contribution < -0.4 is 14.8 Å². The predicted octanol–water partition coefficient (Wildman–Crippen LogP) is 3.96. The van der Waals surface area contributed by atoms with Crippen LogP contribution in [0.15, 0.2) is 48.5 Å². The molecule has 0 aromatic heterocycles. The first-order chi connectivity index (χ1) is 9.17. The average Bonchev–Trinajstić information content (AvgIpc) is 2.39. The minimum Gasteiger partial charge on any atom is -0.497 e. The fraction of sp³-hybridized carbons (Fsp3) is 0.0714. The molecule has 98 valence electrons. The average molecular weight is 278 g/mol. The summed E-state index contributed by atoms with van der Waals surface area (Å²) in [5.41, 5.74) is 0.575. The van der Waals surface area contributed by atoms with Crippen LogP contribution in [0.1, 0.15) is 0 Å². The molecule has 2 aromatic rings. The summed E-state index contributed by atoms with van der Waals surface area (Å²) < 4.78 is 10.1. The number of rotatable bonds is 3. The van der Waals surface area contributed by atoms with Crippen LogP contribution in [0.5, 0.6) is 11.5 Å². The molecule has 4 nitrogen and oxygen atoms in total. The van der Waals surface area contributed by atoms with Gasteiger partial charge >= 0.3 is 6.09 Å². The number of halogens is 1. The first-order valence-electron chi connectivity index (χ1n) is 5.56. The third-order valence-electron chi connectivity index (χ3n) is 2.34. The molecular formula is C14H12ClNO3. The van der Waals surface area contributed by atoms with Gasteiger partial charge in [-0.3, -0.25) is 5.32 Å². The van der Waals surface area contributed by atoms with Gasteiger partial charge in [-0.2, -0.15) is 0 Å². The minimum atomic E-state index is -0.576. The Morgan fingerprint density at radius 1 is 1.11 bits per heavy atom. The number of hydrogen-bond acceptors (Lipinski definition) is 3. The van der Waals surface area contributed by atoms with Crippen molar-refractivity contribution in [3.05, 3.63) is 53.6 Å². The summed E-state index contributed by atoms with van der Waals surface area (Å²) in [7, 11) is 1.57. The van der Waals surface area contributed by atoms with E-state index in [0.717, 1.165) is 0 Å². The Hall–Kier alpha value is -2.20. The normalized spacial score (nSPS) is 9.79. The second kappa shape index (κ2) is 6.11. The Morgan fingerprint density at radius 2 is 1.79 bits per heavy atom. The molecule has 0 aliphatic heterocycles. The van der Waals surface area contributed by atoms with Gasteiger partial charge in [-0.25, -0.2) is 4.79 Å². The summed E-state index contributed by atoms with van der Waals surface area (Å²) in [6.45, 7) is 0. The zero-order chi connectivity index (χ0) is 13.7. The van der Waals surface area contributed by atoms with Crippen molar-refractivity contribution in [2.75, 3.05) is 12.4 Å².